The molecule has 0 radical (unpaired) electrons. The van der Waals surface area contributed by atoms with E-state index in [1.165, 1.54) is 49.7 Å². The van der Waals surface area contributed by atoms with Gasteiger partial charge in [0.25, 0.3) is 0 Å². The van der Waals surface area contributed by atoms with E-state index < -0.39 is 0 Å². The van der Waals surface area contributed by atoms with Gasteiger partial charge in [-0.1, -0.05) is 19.3 Å². The van der Waals surface area contributed by atoms with Crippen LogP contribution < -0.4 is 9.47 Å². The molecule has 1 saturated carbocycles. The molecule has 0 aromatic heterocycles. The number of methoxy groups -OCH3 is 2. The Labute approximate surface area is 133 Å². The molecule has 0 saturated heterocycles. The summed E-state index contributed by atoms with van der Waals surface area (Å²) in [6, 6.07) is 2.82. The number of hydrogen-bond acceptors (Lipinski definition) is 3. The largest absolute Gasteiger partial charge is 0.493 e. The minimum absolute atomic E-state index is 0.325. The number of fused-ring (bicyclic) bond motifs is 1. The van der Waals surface area contributed by atoms with Crippen LogP contribution in [0.3, 0.4) is 0 Å². The van der Waals surface area contributed by atoms with Crippen molar-refractivity contribution in [3.8, 4) is 11.5 Å². The first-order chi connectivity index (χ1) is 10.7. The van der Waals surface area contributed by atoms with Gasteiger partial charge < -0.3 is 9.47 Å². The van der Waals surface area contributed by atoms with Crippen molar-refractivity contribution in [3.05, 3.63) is 22.8 Å². The van der Waals surface area contributed by atoms with E-state index in [1.807, 2.05) is 0 Å². The molecule has 0 N–H and O–H groups in total. The van der Waals surface area contributed by atoms with Gasteiger partial charge in [-0.25, -0.2) is 0 Å². The van der Waals surface area contributed by atoms with Crippen LogP contribution in [0.4, 0.5) is 0 Å². The highest BCUT2D eigenvalue weighted by Gasteiger charge is 2.50. The second-order valence-electron chi connectivity index (χ2n) is 7.35. The quantitative estimate of drug-likeness (QED) is 0.828. The van der Waals surface area contributed by atoms with Crippen LogP contribution in [-0.2, 0) is 11.8 Å². The summed E-state index contributed by atoms with van der Waals surface area (Å²) in [6.07, 6.45) is 9.12. The van der Waals surface area contributed by atoms with E-state index in [4.69, 9.17) is 9.47 Å². The Hall–Kier alpha value is -1.22. The van der Waals surface area contributed by atoms with Crippen LogP contribution >= 0.6 is 0 Å². The van der Waals surface area contributed by atoms with Gasteiger partial charge in [0.15, 0.2) is 11.5 Å². The number of ether oxygens (including phenoxy) is 2. The molecule has 2 aliphatic carbocycles. The second kappa shape index (κ2) is 5.16. The Kier molecular flexibility index (Phi) is 3.37. The normalized spacial score (nSPS) is 26.0. The van der Waals surface area contributed by atoms with Crippen molar-refractivity contribution in [2.45, 2.75) is 56.4 Å². The Morgan fingerprint density at radius 2 is 1.91 bits per heavy atom. The molecule has 1 spiro atoms. The van der Waals surface area contributed by atoms with E-state index in [9.17, 15) is 0 Å². The molecule has 3 heteroatoms. The van der Waals surface area contributed by atoms with Gasteiger partial charge in [0, 0.05) is 23.6 Å². The fourth-order valence-electron chi connectivity index (χ4n) is 5.26. The van der Waals surface area contributed by atoms with Crippen molar-refractivity contribution in [2.24, 2.45) is 0 Å². The summed E-state index contributed by atoms with van der Waals surface area (Å²) in [5.74, 6) is 1.95. The highest BCUT2D eigenvalue weighted by molar-refractivity contribution is 5.62. The zero-order valence-electron chi connectivity index (χ0n) is 14.1. The van der Waals surface area contributed by atoms with Gasteiger partial charge >= 0.3 is 0 Å². The van der Waals surface area contributed by atoms with E-state index in [0.717, 1.165) is 24.5 Å². The second-order valence-corrected chi connectivity index (χ2v) is 7.35. The maximum absolute atomic E-state index is 5.87. The van der Waals surface area contributed by atoms with Gasteiger partial charge in [-0.2, -0.15) is 0 Å². The number of nitrogens with zero attached hydrogens (tertiary/aromatic N) is 1. The van der Waals surface area contributed by atoms with Crippen molar-refractivity contribution < 1.29 is 9.47 Å². The molecule has 22 heavy (non-hydrogen) atoms. The molecule has 1 atom stereocenters. The molecular weight excluding hydrogens is 274 g/mol. The molecule has 0 unspecified atom stereocenters. The van der Waals surface area contributed by atoms with Gasteiger partial charge in [-0.15, -0.1) is 0 Å². The molecular formula is C19H27NO2. The summed E-state index contributed by atoms with van der Waals surface area (Å²) in [6.45, 7) is 1.16. The first kappa shape index (κ1) is 14.4. The van der Waals surface area contributed by atoms with E-state index in [0.29, 0.717) is 11.5 Å². The summed E-state index contributed by atoms with van der Waals surface area (Å²) in [4.78, 5) is 2.56. The highest BCUT2D eigenvalue weighted by atomic mass is 16.5. The third-order valence-corrected chi connectivity index (χ3v) is 6.32. The van der Waals surface area contributed by atoms with E-state index in [-0.39, 0.29) is 0 Å². The zero-order chi connectivity index (χ0) is 15.3. The summed E-state index contributed by atoms with van der Waals surface area (Å²) in [5.41, 5.74) is 4.90. The van der Waals surface area contributed by atoms with Crippen molar-refractivity contribution in [2.75, 3.05) is 27.8 Å². The third kappa shape index (κ3) is 1.84. The van der Waals surface area contributed by atoms with E-state index in [2.05, 4.69) is 18.0 Å². The van der Waals surface area contributed by atoms with Crippen LogP contribution in [0.25, 0.3) is 0 Å². The van der Waals surface area contributed by atoms with Crippen LogP contribution in [0, 0.1) is 0 Å². The lowest BCUT2D eigenvalue weighted by atomic mass is 9.69. The van der Waals surface area contributed by atoms with Gasteiger partial charge in [0.05, 0.1) is 14.2 Å². The van der Waals surface area contributed by atoms with Crippen LogP contribution in [0.2, 0.25) is 0 Å². The van der Waals surface area contributed by atoms with Crippen molar-refractivity contribution in [3.63, 3.8) is 0 Å². The lowest BCUT2D eigenvalue weighted by Gasteiger charge is -2.36. The minimum Gasteiger partial charge on any atom is -0.493 e. The average Bonchev–Trinajstić information content (AvgIpc) is 2.87. The van der Waals surface area contributed by atoms with E-state index >= 15 is 0 Å². The standard InChI is InChI=1S/C19H27NO2/c1-20-10-7-13-11-15(21-2)18(22-3)17-16(13)14(20)12-19(17)8-5-4-6-9-19/h11,14H,4-10,12H2,1-3H3/t14-/m0/s1. The minimum atomic E-state index is 0.325. The zero-order valence-corrected chi connectivity index (χ0v) is 14.1. The lowest BCUT2D eigenvalue weighted by Crippen LogP contribution is -2.32. The molecule has 4 rings (SSSR count). The fourth-order valence-corrected chi connectivity index (χ4v) is 5.26. The number of likely N-dealkylation sites (N-methyl/N-ethyl adjacent to an activating group) is 1. The first-order valence-electron chi connectivity index (χ1n) is 8.68. The van der Waals surface area contributed by atoms with Crippen LogP contribution in [-0.4, -0.2) is 32.7 Å². The Bertz CT molecular complexity index is 590. The van der Waals surface area contributed by atoms with Gasteiger partial charge in [-0.3, -0.25) is 4.90 Å². The predicted octanol–water partition coefficient (Wildman–Crippen LogP) is 3.84. The maximum Gasteiger partial charge on any atom is 0.164 e. The summed E-state index contributed by atoms with van der Waals surface area (Å²) in [7, 11) is 5.86. The smallest absolute Gasteiger partial charge is 0.164 e. The molecule has 1 aliphatic heterocycles. The first-order valence-corrected chi connectivity index (χ1v) is 8.68. The molecule has 0 bridgehead atoms. The lowest BCUT2D eigenvalue weighted by molar-refractivity contribution is 0.183. The topological polar surface area (TPSA) is 21.7 Å². The van der Waals surface area contributed by atoms with Gasteiger partial charge in [-0.05, 0) is 49.9 Å². The molecule has 0 amide bonds. The fraction of sp³-hybridized carbons (Fsp3) is 0.684. The van der Waals surface area contributed by atoms with E-state index in [1.54, 1.807) is 19.8 Å². The summed E-state index contributed by atoms with van der Waals surface area (Å²) in [5, 5.41) is 0. The van der Waals surface area contributed by atoms with Gasteiger partial charge in [0.1, 0.15) is 0 Å². The predicted molar refractivity (Wildman–Crippen MR) is 88.0 cm³/mol. The van der Waals surface area contributed by atoms with Crippen LogP contribution in [0.15, 0.2) is 6.07 Å². The molecule has 1 aromatic rings. The molecule has 1 fully saturated rings. The maximum atomic E-state index is 5.87. The molecule has 120 valence electrons. The van der Waals surface area contributed by atoms with Crippen LogP contribution in [0.1, 0.15) is 61.3 Å². The third-order valence-electron chi connectivity index (χ3n) is 6.32. The van der Waals surface area contributed by atoms with Gasteiger partial charge in [0.2, 0.25) is 0 Å². The average molecular weight is 301 g/mol. The number of rotatable bonds is 2. The number of hydrogen-bond donors (Lipinski definition) is 0. The van der Waals surface area contributed by atoms with Crippen molar-refractivity contribution in [1.82, 2.24) is 4.90 Å². The monoisotopic (exact) mass is 301 g/mol. The SMILES string of the molecule is COc1cc2c3c(c1OC)C1(CCCCC1)C[C@@H]3N(C)CC2. The molecule has 1 aromatic carbocycles. The molecule has 3 aliphatic rings. The Morgan fingerprint density at radius 3 is 2.59 bits per heavy atom. The Morgan fingerprint density at radius 1 is 1.14 bits per heavy atom. The Balaban J connectivity index is 1.97. The summed E-state index contributed by atoms with van der Waals surface area (Å²) < 4.78 is 11.6. The van der Waals surface area contributed by atoms with Crippen molar-refractivity contribution >= 4 is 0 Å². The molecule has 3 nitrogen and oxygen atoms in total. The van der Waals surface area contributed by atoms with Crippen molar-refractivity contribution in [1.29, 1.82) is 0 Å². The highest BCUT2D eigenvalue weighted by Crippen LogP contribution is 2.60. The summed E-state index contributed by atoms with van der Waals surface area (Å²) >= 11 is 0. The number of benzene rings is 1. The van der Waals surface area contributed by atoms with Crippen LogP contribution in [0.5, 0.6) is 11.5 Å². The molecule has 1 heterocycles.